The van der Waals surface area contributed by atoms with Gasteiger partial charge in [0, 0.05) is 17.0 Å². The zero-order valence-electron chi connectivity index (χ0n) is 6.88. The molecule has 2 aromatic rings. The number of nitrogens with zero attached hydrogens (tertiary/aromatic N) is 1. The van der Waals surface area contributed by atoms with Crippen LogP contribution in [0.15, 0.2) is 28.5 Å². The van der Waals surface area contributed by atoms with Crippen molar-refractivity contribution >= 4 is 22.7 Å². The lowest BCUT2D eigenvalue weighted by Gasteiger charge is -2.08. The number of aliphatic hydroxyl groups is 1. The van der Waals surface area contributed by atoms with Crippen LogP contribution in [-0.2, 0) is 0 Å². The highest BCUT2D eigenvalue weighted by atomic mass is 32.1. The van der Waals surface area contributed by atoms with Gasteiger partial charge in [-0.15, -0.1) is 11.3 Å². The zero-order valence-corrected chi connectivity index (χ0v) is 8.52. The van der Waals surface area contributed by atoms with Crippen LogP contribution in [0.3, 0.4) is 0 Å². The van der Waals surface area contributed by atoms with Crippen LogP contribution in [0.1, 0.15) is 16.4 Å². The van der Waals surface area contributed by atoms with E-state index in [0.717, 1.165) is 4.88 Å². The van der Waals surface area contributed by atoms with E-state index in [1.165, 1.54) is 5.56 Å². The molecule has 0 aromatic carbocycles. The number of rotatable bonds is 3. The molecule has 1 atom stereocenters. The van der Waals surface area contributed by atoms with E-state index in [0.29, 0.717) is 0 Å². The van der Waals surface area contributed by atoms with Crippen molar-refractivity contribution in [2.75, 3.05) is 6.61 Å². The van der Waals surface area contributed by atoms with Gasteiger partial charge < -0.3 is 5.11 Å². The van der Waals surface area contributed by atoms with Gasteiger partial charge in [-0.05, 0) is 22.4 Å². The molecule has 2 rings (SSSR count). The van der Waals surface area contributed by atoms with Crippen LogP contribution in [-0.4, -0.2) is 16.7 Å². The molecule has 4 heteroatoms. The smallest absolute Gasteiger partial charge is 0.0794 e. The van der Waals surface area contributed by atoms with Gasteiger partial charge in [-0.2, -0.15) is 11.3 Å². The van der Waals surface area contributed by atoms with Gasteiger partial charge in [-0.3, -0.25) is 4.98 Å². The number of hydrogen-bond acceptors (Lipinski definition) is 4. The minimum Gasteiger partial charge on any atom is -0.395 e. The van der Waals surface area contributed by atoms with Crippen LogP contribution in [0.25, 0.3) is 0 Å². The molecule has 2 nitrogen and oxygen atoms in total. The fraction of sp³-hybridized carbons (Fsp3) is 0.222. The van der Waals surface area contributed by atoms with Gasteiger partial charge in [-0.1, -0.05) is 0 Å². The topological polar surface area (TPSA) is 33.1 Å². The average molecular weight is 211 g/mol. The highest BCUT2D eigenvalue weighted by molar-refractivity contribution is 7.09. The molecule has 0 amide bonds. The summed E-state index contributed by atoms with van der Waals surface area (Å²) >= 11 is 3.24. The molecule has 2 heterocycles. The van der Waals surface area contributed by atoms with Gasteiger partial charge in [0.25, 0.3) is 0 Å². The Morgan fingerprint density at radius 3 is 3.00 bits per heavy atom. The Kier molecular flexibility index (Phi) is 2.73. The van der Waals surface area contributed by atoms with Gasteiger partial charge in [0.2, 0.25) is 0 Å². The Morgan fingerprint density at radius 2 is 2.46 bits per heavy atom. The van der Waals surface area contributed by atoms with Gasteiger partial charge in [0.05, 0.1) is 12.1 Å². The van der Waals surface area contributed by atoms with Crippen LogP contribution < -0.4 is 0 Å². The standard InChI is InChI=1S/C9H9NOS2/c11-4-8(7-1-2-12-5-7)9-3-10-6-13-9/h1-3,5-6,8,11H,4H2. The van der Waals surface area contributed by atoms with E-state index in [1.54, 1.807) is 28.2 Å². The molecule has 13 heavy (non-hydrogen) atoms. The first-order chi connectivity index (χ1) is 6.42. The van der Waals surface area contributed by atoms with Crippen LogP contribution in [0.5, 0.6) is 0 Å². The first kappa shape index (κ1) is 8.87. The van der Waals surface area contributed by atoms with E-state index in [2.05, 4.69) is 10.4 Å². The Bertz CT molecular complexity index is 307. The van der Waals surface area contributed by atoms with Gasteiger partial charge in [-0.25, -0.2) is 0 Å². The highest BCUT2D eigenvalue weighted by Crippen LogP contribution is 2.28. The van der Waals surface area contributed by atoms with Gasteiger partial charge >= 0.3 is 0 Å². The fourth-order valence-corrected chi connectivity index (χ4v) is 2.68. The molecule has 0 aliphatic carbocycles. The van der Waals surface area contributed by atoms with Crippen molar-refractivity contribution in [2.45, 2.75) is 5.92 Å². The van der Waals surface area contributed by atoms with Crippen LogP contribution in [0, 0.1) is 0 Å². The first-order valence-electron chi connectivity index (χ1n) is 3.93. The summed E-state index contributed by atoms with van der Waals surface area (Å²) in [5, 5.41) is 13.4. The summed E-state index contributed by atoms with van der Waals surface area (Å²) in [4.78, 5) is 5.14. The summed E-state index contributed by atoms with van der Waals surface area (Å²) in [6, 6.07) is 2.05. The number of hydrogen-bond donors (Lipinski definition) is 1. The number of thiazole rings is 1. The highest BCUT2D eigenvalue weighted by Gasteiger charge is 2.14. The second-order valence-electron chi connectivity index (χ2n) is 2.70. The van der Waals surface area contributed by atoms with Crippen LogP contribution in [0.2, 0.25) is 0 Å². The molecular weight excluding hydrogens is 202 g/mol. The van der Waals surface area contributed by atoms with Crippen LogP contribution >= 0.6 is 22.7 Å². The number of thiophene rings is 1. The summed E-state index contributed by atoms with van der Waals surface area (Å²) in [5.41, 5.74) is 2.97. The SMILES string of the molecule is OCC(c1ccsc1)c1cncs1. The van der Waals surface area contributed by atoms with Crippen molar-refractivity contribution in [2.24, 2.45) is 0 Å². The Morgan fingerprint density at radius 1 is 1.54 bits per heavy atom. The fourth-order valence-electron chi connectivity index (χ4n) is 1.23. The van der Waals surface area contributed by atoms with Crippen LogP contribution in [0.4, 0.5) is 0 Å². The molecule has 68 valence electrons. The number of aliphatic hydroxyl groups excluding tert-OH is 1. The lowest BCUT2D eigenvalue weighted by Crippen LogP contribution is -2.02. The molecule has 0 saturated heterocycles. The molecule has 0 aliphatic heterocycles. The maximum absolute atomic E-state index is 9.25. The van der Waals surface area contributed by atoms with E-state index >= 15 is 0 Å². The summed E-state index contributed by atoms with van der Waals surface area (Å²) in [7, 11) is 0. The molecule has 0 spiro atoms. The minimum absolute atomic E-state index is 0.110. The van der Waals surface area contributed by atoms with Crippen molar-refractivity contribution in [3.8, 4) is 0 Å². The quantitative estimate of drug-likeness (QED) is 0.845. The predicted molar refractivity (Wildman–Crippen MR) is 55.4 cm³/mol. The number of aromatic nitrogens is 1. The maximum Gasteiger partial charge on any atom is 0.0794 e. The van der Waals surface area contributed by atoms with Crippen molar-refractivity contribution in [1.29, 1.82) is 0 Å². The van der Waals surface area contributed by atoms with E-state index in [1.807, 2.05) is 17.6 Å². The second-order valence-corrected chi connectivity index (χ2v) is 4.39. The summed E-state index contributed by atoms with van der Waals surface area (Å²) in [6.07, 6.45) is 1.82. The maximum atomic E-state index is 9.25. The van der Waals surface area contributed by atoms with E-state index < -0.39 is 0 Å². The molecule has 0 radical (unpaired) electrons. The van der Waals surface area contributed by atoms with E-state index in [4.69, 9.17) is 0 Å². The Hall–Kier alpha value is -0.710. The predicted octanol–water partition coefficient (Wildman–Crippen LogP) is 2.33. The second kappa shape index (κ2) is 4.00. The van der Waals surface area contributed by atoms with Crippen molar-refractivity contribution in [1.82, 2.24) is 4.98 Å². The lowest BCUT2D eigenvalue weighted by molar-refractivity contribution is 0.282. The zero-order chi connectivity index (χ0) is 9.10. The van der Waals surface area contributed by atoms with Gasteiger partial charge in [0.15, 0.2) is 0 Å². The van der Waals surface area contributed by atoms with E-state index in [9.17, 15) is 5.11 Å². The van der Waals surface area contributed by atoms with Gasteiger partial charge in [0.1, 0.15) is 0 Å². The average Bonchev–Trinajstić information content (AvgIpc) is 2.76. The summed E-state index contributed by atoms with van der Waals surface area (Å²) in [6.45, 7) is 0.152. The van der Waals surface area contributed by atoms with Crippen molar-refractivity contribution < 1.29 is 5.11 Å². The van der Waals surface area contributed by atoms with Crippen molar-refractivity contribution in [3.63, 3.8) is 0 Å². The third-order valence-electron chi connectivity index (χ3n) is 1.92. The monoisotopic (exact) mass is 211 g/mol. The molecule has 0 saturated carbocycles. The Balaban J connectivity index is 2.29. The third-order valence-corrected chi connectivity index (χ3v) is 3.51. The largest absolute Gasteiger partial charge is 0.395 e. The molecule has 2 aromatic heterocycles. The molecule has 0 bridgehead atoms. The molecule has 1 N–H and O–H groups in total. The summed E-state index contributed by atoms with van der Waals surface area (Å²) < 4.78 is 0. The molecule has 0 aliphatic rings. The molecular formula is C9H9NOS2. The lowest BCUT2D eigenvalue weighted by atomic mass is 10.0. The van der Waals surface area contributed by atoms with Crippen molar-refractivity contribution in [3.05, 3.63) is 39.0 Å². The third kappa shape index (κ3) is 1.80. The molecule has 1 unspecified atom stereocenters. The Labute approximate surface area is 84.5 Å². The summed E-state index contributed by atoms with van der Waals surface area (Å²) in [5.74, 6) is 0.110. The minimum atomic E-state index is 0.110. The normalized spacial score (nSPS) is 13.0. The van der Waals surface area contributed by atoms with E-state index in [-0.39, 0.29) is 12.5 Å². The molecule has 0 fully saturated rings. The first-order valence-corrected chi connectivity index (χ1v) is 5.75.